The molecule has 1 aliphatic rings. The van der Waals surface area contributed by atoms with Crippen molar-refractivity contribution in [1.29, 1.82) is 0 Å². The van der Waals surface area contributed by atoms with E-state index in [1.807, 2.05) is 6.07 Å². The highest BCUT2D eigenvalue weighted by atomic mass is 35.5. The van der Waals surface area contributed by atoms with E-state index in [9.17, 15) is 0 Å². The van der Waals surface area contributed by atoms with E-state index in [2.05, 4.69) is 31.2 Å². The Hall–Kier alpha value is -0.530. The third-order valence-corrected chi connectivity index (χ3v) is 2.48. The molecule has 2 atom stereocenters. The van der Waals surface area contributed by atoms with E-state index in [1.54, 1.807) is 0 Å². The first-order valence-corrected chi connectivity index (χ1v) is 4.04. The Balaban J connectivity index is 0.000000720. The molecule has 1 fully saturated rings. The van der Waals surface area contributed by atoms with Gasteiger partial charge in [-0.1, -0.05) is 30.3 Å². The Morgan fingerprint density at radius 2 is 1.83 bits per heavy atom. The standard InChI is InChI=1S/C10H13N.ClH/c1-10(11)7-9(10)8-5-3-2-4-6-8;/h2-6,9H,7,11H2,1H3;1H/t9-,10+;/m0./s1. The lowest BCUT2D eigenvalue weighted by molar-refractivity contribution is 0.728. The fraction of sp³-hybridized carbons (Fsp3) is 0.400. The second kappa shape index (κ2) is 3.08. The predicted octanol–water partition coefficient (Wildman–Crippen LogP) is 2.31. The van der Waals surface area contributed by atoms with Crippen LogP contribution >= 0.6 is 12.4 Å². The number of halogens is 1. The van der Waals surface area contributed by atoms with Crippen LogP contribution in [0.5, 0.6) is 0 Å². The van der Waals surface area contributed by atoms with Gasteiger partial charge in [0.2, 0.25) is 0 Å². The average Bonchev–Trinajstić information content (AvgIpc) is 2.62. The van der Waals surface area contributed by atoms with Gasteiger partial charge in [0.15, 0.2) is 0 Å². The number of benzene rings is 1. The molecule has 1 nitrogen and oxygen atoms in total. The van der Waals surface area contributed by atoms with E-state index in [4.69, 9.17) is 5.73 Å². The maximum Gasteiger partial charge on any atom is 0.0202 e. The molecule has 0 bridgehead atoms. The van der Waals surface area contributed by atoms with Crippen molar-refractivity contribution in [1.82, 2.24) is 0 Å². The summed E-state index contributed by atoms with van der Waals surface area (Å²) in [5, 5.41) is 0. The molecule has 2 N–H and O–H groups in total. The summed E-state index contributed by atoms with van der Waals surface area (Å²) in [5.41, 5.74) is 7.40. The van der Waals surface area contributed by atoms with Gasteiger partial charge in [-0.2, -0.15) is 0 Å². The van der Waals surface area contributed by atoms with Crippen molar-refractivity contribution in [2.45, 2.75) is 24.8 Å². The van der Waals surface area contributed by atoms with Crippen LogP contribution in [0.15, 0.2) is 30.3 Å². The fourth-order valence-corrected chi connectivity index (χ4v) is 1.56. The van der Waals surface area contributed by atoms with Crippen LogP contribution < -0.4 is 5.73 Å². The second-order valence-electron chi connectivity index (χ2n) is 3.67. The minimum Gasteiger partial charge on any atom is -0.325 e. The van der Waals surface area contributed by atoms with Gasteiger partial charge in [-0.15, -0.1) is 12.4 Å². The Labute approximate surface area is 79.4 Å². The summed E-state index contributed by atoms with van der Waals surface area (Å²) < 4.78 is 0. The molecular weight excluding hydrogens is 170 g/mol. The largest absolute Gasteiger partial charge is 0.325 e. The van der Waals surface area contributed by atoms with Crippen LogP contribution in [0.1, 0.15) is 24.8 Å². The summed E-state index contributed by atoms with van der Waals surface area (Å²) in [7, 11) is 0. The van der Waals surface area contributed by atoms with Crippen LogP contribution in [0.3, 0.4) is 0 Å². The van der Waals surface area contributed by atoms with Gasteiger partial charge in [0.25, 0.3) is 0 Å². The molecule has 0 spiro atoms. The lowest BCUT2D eigenvalue weighted by Crippen LogP contribution is -2.18. The zero-order valence-electron chi connectivity index (χ0n) is 7.16. The van der Waals surface area contributed by atoms with Crippen LogP contribution in [-0.4, -0.2) is 5.54 Å². The van der Waals surface area contributed by atoms with Gasteiger partial charge >= 0.3 is 0 Å². The van der Waals surface area contributed by atoms with E-state index in [1.165, 1.54) is 5.56 Å². The van der Waals surface area contributed by atoms with Crippen molar-refractivity contribution >= 4 is 12.4 Å². The summed E-state index contributed by atoms with van der Waals surface area (Å²) >= 11 is 0. The minimum atomic E-state index is 0. The Kier molecular flexibility index (Phi) is 2.45. The molecule has 1 aromatic rings. The molecule has 66 valence electrons. The van der Waals surface area contributed by atoms with Crippen LogP contribution in [0.25, 0.3) is 0 Å². The Morgan fingerprint density at radius 1 is 1.33 bits per heavy atom. The predicted molar refractivity (Wildman–Crippen MR) is 53.6 cm³/mol. The summed E-state index contributed by atoms with van der Waals surface area (Å²) in [5.74, 6) is 0.601. The van der Waals surface area contributed by atoms with Crippen molar-refractivity contribution < 1.29 is 0 Å². The van der Waals surface area contributed by atoms with Crippen molar-refractivity contribution in [3.05, 3.63) is 35.9 Å². The molecule has 0 amide bonds. The SMILES string of the molecule is C[C@@]1(N)C[C@H]1c1ccccc1.Cl. The van der Waals surface area contributed by atoms with Crippen molar-refractivity contribution in [3.63, 3.8) is 0 Å². The van der Waals surface area contributed by atoms with E-state index < -0.39 is 0 Å². The zero-order chi connectivity index (χ0) is 7.90. The van der Waals surface area contributed by atoms with Gasteiger partial charge in [0, 0.05) is 11.5 Å². The first kappa shape index (κ1) is 9.56. The smallest absolute Gasteiger partial charge is 0.0202 e. The number of nitrogens with two attached hydrogens (primary N) is 1. The summed E-state index contributed by atoms with van der Waals surface area (Å²) in [4.78, 5) is 0. The van der Waals surface area contributed by atoms with Gasteiger partial charge in [0.1, 0.15) is 0 Å². The first-order valence-electron chi connectivity index (χ1n) is 4.04. The minimum absolute atomic E-state index is 0. The molecule has 1 aliphatic carbocycles. The molecule has 0 unspecified atom stereocenters. The van der Waals surface area contributed by atoms with E-state index in [-0.39, 0.29) is 17.9 Å². The zero-order valence-corrected chi connectivity index (χ0v) is 7.97. The maximum absolute atomic E-state index is 5.94. The lowest BCUT2D eigenvalue weighted by atomic mass is 10.1. The molecular formula is C10H14ClN. The number of rotatable bonds is 1. The Morgan fingerprint density at radius 3 is 2.25 bits per heavy atom. The third-order valence-electron chi connectivity index (χ3n) is 2.48. The summed E-state index contributed by atoms with van der Waals surface area (Å²) in [6.07, 6.45) is 1.14. The molecule has 0 aromatic heterocycles. The van der Waals surface area contributed by atoms with Crippen LogP contribution in [-0.2, 0) is 0 Å². The maximum atomic E-state index is 5.94. The molecule has 0 aliphatic heterocycles. The summed E-state index contributed by atoms with van der Waals surface area (Å²) in [6.45, 7) is 2.12. The van der Waals surface area contributed by atoms with Gasteiger partial charge < -0.3 is 5.73 Å². The topological polar surface area (TPSA) is 26.0 Å². The lowest BCUT2D eigenvalue weighted by Gasteiger charge is -2.02. The molecule has 0 saturated heterocycles. The molecule has 1 saturated carbocycles. The molecule has 0 heterocycles. The first-order chi connectivity index (χ1) is 5.20. The molecule has 1 aromatic carbocycles. The number of hydrogen-bond acceptors (Lipinski definition) is 1. The van der Waals surface area contributed by atoms with Crippen LogP contribution in [0.4, 0.5) is 0 Å². The molecule has 0 radical (unpaired) electrons. The average molecular weight is 184 g/mol. The van der Waals surface area contributed by atoms with Gasteiger partial charge in [-0.3, -0.25) is 0 Å². The monoisotopic (exact) mass is 183 g/mol. The van der Waals surface area contributed by atoms with Crippen molar-refractivity contribution in [2.24, 2.45) is 5.73 Å². The van der Waals surface area contributed by atoms with E-state index >= 15 is 0 Å². The molecule has 2 rings (SSSR count). The van der Waals surface area contributed by atoms with Gasteiger partial charge in [-0.25, -0.2) is 0 Å². The van der Waals surface area contributed by atoms with E-state index in [0.29, 0.717) is 5.92 Å². The van der Waals surface area contributed by atoms with Gasteiger partial charge in [0.05, 0.1) is 0 Å². The summed E-state index contributed by atoms with van der Waals surface area (Å²) in [6, 6.07) is 10.5. The van der Waals surface area contributed by atoms with Crippen LogP contribution in [0.2, 0.25) is 0 Å². The second-order valence-corrected chi connectivity index (χ2v) is 3.67. The fourth-order valence-electron chi connectivity index (χ4n) is 1.56. The van der Waals surface area contributed by atoms with Gasteiger partial charge in [-0.05, 0) is 18.9 Å². The van der Waals surface area contributed by atoms with E-state index in [0.717, 1.165) is 6.42 Å². The molecule has 12 heavy (non-hydrogen) atoms. The number of hydrogen-bond donors (Lipinski definition) is 1. The quantitative estimate of drug-likeness (QED) is 0.711. The third kappa shape index (κ3) is 1.62. The van der Waals surface area contributed by atoms with Crippen molar-refractivity contribution in [2.75, 3.05) is 0 Å². The Bertz CT molecular complexity index is 256. The highest BCUT2D eigenvalue weighted by Gasteiger charge is 2.47. The molecule has 2 heteroatoms. The van der Waals surface area contributed by atoms with Crippen molar-refractivity contribution in [3.8, 4) is 0 Å². The highest BCUT2D eigenvalue weighted by Crippen LogP contribution is 2.48. The normalized spacial score (nSPS) is 32.3. The highest BCUT2D eigenvalue weighted by molar-refractivity contribution is 5.85. The van der Waals surface area contributed by atoms with Crippen LogP contribution in [0, 0.1) is 0 Å².